The first-order chi connectivity index (χ1) is 17.7. The Morgan fingerprint density at radius 3 is 2.50 bits per heavy atom. The number of rotatable bonds is 6. The lowest BCUT2D eigenvalue weighted by Crippen LogP contribution is -2.26. The van der Waals surface area contributed by atoms with E-state index in [0.29, 0.717) is 0 Å². The Bertz CT molecular complexity index is 1330. The first-order valence-electron chi connectivity index (χ1n) is 13.0. The third-order valence-electron chi connectivity index (χ3n) is 6.64. The molecule has 4 aromatic rings. The Kier molecular flexibility index (Phi) is 8.61. The molecular weight excluding hydrogens is 446 g/mol. The molecule has 36 heavy (non-hydrogen) atoms. The van der Waals surface area contributed by atoms with Gasteiger partial charge in [-0.15, -0.1) is 0 Å². The van der Waals surface area contributed by atoms with Crippen LogP contribution < -0.4 is 5.56 Å². The van der Waals surface area contributed by atoms with Crippen LogP contribution in [0.15, 0.2) is 84.3 Å². The average molecular weight is 482 g/mol. The highest BCUT2D eigenvalue weighted by Crippen LogP contribution is 2.30. The highest BCUT2D eigenvalue weighted by atomic mass is 16.1. The molecule has 6 nitrogen and oxygen atoms in total. The van der Waals surface area contributed by atoms with Crippen LogP contribution in [0.3, 0.4) is 0 Å². The molecule has 1 aliphatic carbocycles. The number of hydrogen-bond donors (Lipinski definition) is 0. The van der Waals surface area contributed by atoms with E-state index in [4.69, 9.17) is 4.98 Å². The second-order valence-electron chi connectivity index (χ2n) is 8.82. The van der Waals surface area contributed by atoms with E-state index in [0.717, 1.165) is 47.5 Å². The Labute approximate surface area is 213 Å². The van der Waals surface area contributed by atoms with Crippen LogP contribution in [-0.2, 0) is 6.42 Å². The van der Waals surface area contributed by atoms with Crippen molar-refractivity contribution < 1.29 is 0 Å². The van der Waals surface area contributed by atoms with Crippen molar-refractivity contribution in [2.24, 2.45) is 0 Å². The largest absolute Gasteiger partial charge is 0.296 e. The van der Waals surface area contributed by atoms with Crippen LogP contribution in [-0.4, -0.2) is 24.3 Å². The van der Waals surface area contributed by atoms with Crippen molar-refractivity contribution in [1.29, 1.82) is 0 Å². The number of benzene rings is 1. The normalized spacial score (nSPS) is 14.2. The third-order valence-corrected chi connectivity index (χ3v) is 6.64. The summed E-state index contributed by atoms with van der Waals surface area (Å²) >= 11 is 0. The predicted molar refractivity (Wildman–Crippen MR) is 146 cm³/mol. The van der Waals surface area contributed by atoms with Gasteiger partial charge in [-0.1, -0.05) is 69.5 Å². The highest BCUT2D eigenvalue weighted by Gasteiger charge is 2.18. The van der Waals surface area contributed by atoms with Crippen LogP contribution in [0.2, 0.25) is 0 Å². The van der Waals surface area contributed by atoms with Crippen LogP contribution in [0.4, 0.5) is 0 Å². The molecule has 3 aromatic heterocycles. The van der Waals surface area contributed by atoms with Gasteiger partial charge >= 0.3 is 0 Å². The standard InChI is InChI=1S/C28H29N5O.C2H6/c1-2-22(17-21-13-14-27(29-19-21)33-16-8-15-31-33)24-11-6-7-12-25(24)26-18-28(34)32(20-30-26)23-9-4-3-5-10-23;1-2/h2,6-8,11-16,18-20,23H,3-5,9-10,17H2,1H3;1-2H3/b22-2-;. The summed E-state index contributed by atoms with van der Waals surface area (Å²) in [5, 5.41) is 4.24. The fraction of sp³-hybridized carbons (Fsp3) is 0.333. The molecule has 0 N–H and O–H groups in total. The zero-order chi connectivity index (χ0) is 25.3. The Morgan fingerprint density at radius 1 is 1.03 bits per heavy atom. The van der Waals surface area contributed by atoms with E-state index in [2.05, 4.69) is 28.3 Å². The molecule has 1 aliphatic rings. The summed E-state index contributed by atoms with van der Waals surface area (Å²) in [6, 6.07) is 16.1. The monoisotopic (exact) mass is 481 g/mol. The van der Waals surface area contributed by atoms with Gasteiger partial charge in [-0.3, -0.25) is 9.36 Å². The van der Waals surface area contributed by atoms with E-state index in [1.807, 2.05) is 68.1 Å². The lowest BCUT2D eigenvalue weighted by molar-refractivity contribution is 0.343. The molecule has 1 saturated carbocycles. The predicted octanol–water partition coefficient (Wildman–Crippen LogP) is 6.67. The first-order valence-corrected chi connectivity index (χ1v) is 13.0. The summed E-state index contributed by atoms with van der Waals surface area (Å²) in [7, 11) is 0. The lowest BCUT2D eigenvalue weighted by Gasteiger charge is -2.23. The van der Waals surface area contributed by atoms with E-state index in [9.17, 15) is 4.79 Å². The summed E-state index contributed by atoms with van der Waals surface area (Å²) < 4.78 is 3.57. The van der Waals surface area contributed by atoms with E-state index in [-0.39, 0.29) is 11.6 Å². The van der Waals surface area contributed by atoms with Gasteiger partial charge < -0.3 is 0 Å². The Hall–Kier alpha value is -3.80. The van der Waals surface area contributed by atoms with Crippen LogP contribution in [0.5, 0.6) is 0 Å². The molecule has 3 heterocycles. The number of pyridine rings is 1. The number of hydrogen-bond acceptors (Lipinski definition) is 4. The molecule has 0 spiro atoms. The SMILES string of the molecule is C/C=C(/Cc1ccc(-n2cccn2)nc1)c1ccccc1-c1cc(=O)n(C2CCCCC2)cn1.CC. The molecule has 0 aliphatic heterocycles. The Balaban J connectivity index is 0.00000148. The van der Waals surface area contributed by atoms with Crippen molar-refractivity contribution in [3.05, 3.63) is 101 Å². The van der Waals surface area contributed by atoms with Crippen molar-refractivity contribution >= 4 is 5.57 Å². The maximum absolute atomic E-state index is 13.0. The van der Waals surface area contributed by atoms with Crippen molar-refractivity contribution in [3.8, 4) is 17.1 Å². The van der Waals surface area contributed by atoms with Crippen LogP contribution in [0, 0.1) is 0 Å². The number of nitrogens with zero attached hydrogens (tertiary/aromatic N) is 5. The summed E-state index contributed by atoms with van der Waals surface area (Å²) in [6.07, 6.45) is 15.9. The van der Waals surface area contributed by atoms with Gasteiger partial charge in [0, 0.05) is 36.3 Å². The summed E-state index contributed by atoms with van der Waals surface area (Å²) in [4.78, 5) is 22.3. The van der Waals surface area contributed by atoms with Crippen LogP contribution >= 0.6 is 0 Å². The molecule has 0 radical (unpaired) electrons. The second-order valence-corrected chi connectivity index (χ2v) is 8.82. The maximum atomic E-state index is 13.0. The molecule has 0 saturated heterocycles. The molecule has 1 aromatic carbocycles. The molecule has 0 unspecified atom stereocenters. The maximum Gasteiger partial charge on any atom is 0.254 e. The molecule has 0 atom stereocenters. The average Bonchev–Trinajstić information content (AvgIpc) is 3.49. The molecular formula is C30H35N5O. The third kappa shape index (κ3) is 5.70. The molecule has 6 heteroatoms. The van der Waals surface area contributed by atoms with E-state index in [1.165, 1.54) is 24.8 Å². The second kappa shape index (κ2) is 12.2. The topological polar surface area (TPSA) is 65.6 Å². The smallest absolute Gasteiger partial charge is 0.254 e. The van der Waals surface area contributed by atoms with E-state index in [1.54, 1.807) is 23.3 Å². The molecule has 0 amide bonds. The van der Waals surface area contributed by atoms with Gasteiger partial charge in [-0.05, 0) is 55.0 Å². The fourth-order valence-corrected chi connectivity index (χ4v) is 4.81. The van der Waals surface area contributed by atoms with Crippen molar-refractivity contribution in [3.63, 3.8) is 0 Å². The molecule has 186 valence electrons. The lowest BCUT2D eigenvalue weighted by atomic mass is 9.93. The van der Waals surface area contributed by atoms with Gasteiger partial charge in [-0.25, -0.2) is 14.6 Å². The minimum atomic E-state index is 0.0344. The van der Waals surface area contributed by atoms with Crippen LogP contribution in [0.25, 0.3) is 22.6 Å². The first kappa shape index (κ1) is 25.3. The quantitative estimate of drug-likeness (QED) is 0.308. The van der Waals surface area contributed by atoms with E-state index >= 15 is 0 Å². The molecule has 5 rings (SSSR count). The van der Waals surface area contributed by atoms with Crippen molar-refractivity contribution in [1.82, 2.24) is 24.3 Å². The van der Waals surface area contributed by atoms with Crippen molar-refractivity contribution in [2.45, 2.75) is 65.3 Å². The van der Waals surface area contributed by atoms with Gasteiger partial charge in [-0.2, -0.15) is 5.10 Å². The summed E-state index contributed by atoms with van der Waals surface area (Å²) in [6.45, 7) is 6.05. The Morgan fingerprint density at radius 2 is 1.83 bits per heavy atom. The van der Waals surface area contributed by atoms with Crippen LogP contribution in [0.1, 0.15) is 70.0 Å². The van der Waals surface area contributed by atoms with Gasteiger partial charge in [0.15, 0.2) is 5.82 Å². The highest BCUT2D eigenvalue weighted by molar-refractivity contribution is 5.80. The zero-order valence-corrected chi connectivity index (χ0v) is 21.5. The van der Waals surface area contributed by atoms with Gasteiger partial charge in [0.25, 0.3) is 5.56 Å². The number of allylic oxidation sites excluding steroid dienone is 2. The number of aromatic nitrogens is 5. The minimum Gasteiger partial charge on any atom is -0.296 e. The molecule has 0 bridgehead atoms. The summed E-state index contributed by atoms with van der Waals surface area (Å²) in [5.41, 5.74) is 5.10. The minimum absolute atomic E-state index is 0.0344. The van der Waals surface area contributed by atoms with Gasteiger partial charge in [0.05, 0.1) is 12.0 Å². The fourth-order valence-electron chi connectivity index (χ4n) is 4.81. The van der Waals surface area contributed by atoms with E-state index < -0.39 is 0 Å². The van der Waals surface area contributed by atoms with Crippen molar-refractivity contribution in [2.75, 3.05) is 0 Å². The van der Waals surface area contributed by atoms with Gasteiger partial charge in [0.1, 0.15) is 0 Å². The van der Waals surface area contributed by atoms with Gasteiger partial charge in [0.2, 0.25) is 0 Å². The molecule has 1 fully saturated rings. The zero-order valence-electron chi connectivity index (χ0n) is 21.5. The summed E-state index contributed by atoms with van der Waals surface area (Å²) in [5.74, 6) is 0.791.